The van der Waals surface area contributed by atoms with Crippen molar-refractivity contribution in [2.24, 2.45) is 0 Å². The van der Waals surface area contributed by atoms with Gasteiger partial charge in [-0.25, -0.2) is 9.59 Å². The molecular formula is C24H28N2O6. The molecular weight excluding hydrogens is 412 g/mol. The van der Waals surface area contributed by atoms with Crippen molar-refractivity contribution in [3.05, 3.63) is 59.7 Å². The molecule has 32 heavy (non-hydrogen) atoms. The largest absolute Gasteiger partial charge is 0.479 e. The first-order valence-electron chi connectivity index (χ1n) is 10.5. The zero-order valence-corrected chi connectivity index (χ0v) is 18.4. The number of carboxylic acids is 1. The van der Waals surface area contributed by atoms with Gasteiger partial charge in [-0.05, 0) is 35.6 Å². The Bertz CT molecular complexity index is 962. The van der Waals surface area contributed by atoms with E-state index >= 15 is 0 Å². The number of ether oxygens (including phenoxy) is 2. The van der Waals surface area contributed by atoms with E-state index in [0.29, 0.717) is 0 Å². The van der Waals surface area contributed by atoms with Crippen LogP contribution in [0.4, 0.5) is 4.79 Å². The number of hydrogen-bond donors (Lipinski definition) is 3. The van der Waals surface area contributed by atoms with Crippen molar-refractivity contribution >= 4 is 18.0 Å². The van der Waals surface area contributed by atoms with E-state index in [1.165, 1.54) is 14.0 Å². The van der Waals surface area contributed by atoms with E-state index in [0.717, 1.165) is 22.3 Å². The second-order valence-electron chi connectivity index (χ2n) is 7.85. The Morgan fingerprint density at radius 3 is 2.12 bits per heavy atom. The van der Waals surface area contributed by atoms with Crippen LogP contribution in [0.25, 0.3) is 11.1 Å². The highest BCUT2D eigenvalue weighted by molar-refractivity contribution is 5.91. The lowest BCUT2D eigenvalue weighted by atomic mass is 9.97. The van der Waals surface area contributed by atoms with Crippen LogP contribution in [0, 0.1) is 0 Å². The summed E-state index contributed by atoms with van der Waals surface area (Å²) in [7, 11) is 1.36. The molecule has 2 unspecified atom stereocenters. The molecule has 170 valence electrons. The Morgan fingerprint density at radius 2 is 1.62 bits per heavy atom. The van der Waals surface area contributed by atoms with Crippen molar-refractivity contribution in [2.75, 3.05) is 20.3 Å². The summed E-state index contributed by atoms with van der Waals surface area (Å²) in [6.07, 6.45) is -0.627. The monoisotopic (exact) mass is 440 g/mol. The molecule has 0 aromatic heterocycles. The van der Waals surface area contributed by atoms with Gasteiger partial charge in [-0.2, -0.15) is 0 Å². The highest BCUT2D eigenvalue weighted by Crippen LogP contribution is 2.44. The van der Waals surface area contributed by atoms with Crippen LogP contribution in [-0.2, 0) is 19.1 Å². The Balaban J connectivity index is 1.61. The Kier molecular flexibility index (Phi) is 7.15. The van der Waals surface area contributed by atoms with Gasteiger partial charge in [-0.3, -0.25) is 4.79 Å². The van der Waals surface area contributed by atoms with Crippen LogP contribution in [0.3, 0.4) is 0 Å². The van der Waals surface area contributed by atoms with Crippen LogP contribution in [0.15, 0.2) is 48.5 Å². The minimum absolute atomic E-state index is 0.0984. The molecule has 0 fully saturated rings. The van der Waals surface area contributed by atoms with E-state index in [-0.39, 0.29) is 25.6 Å². The highest BCUT2D eigenvalue weighted by Gasteiger charge is 2.39. The summed E-state index contributed by atoms with van der Waals surface area (Å²) < 4.78 is 10.4. The van der Waals surface area contributed by atoms with Crippen molar-refractivity contribution in [3.63, 3.8) is 0 Å². The van der Waals surface area contributed by atoms with Crippen LogP contribution < -0.4 is 10.6 Å². The second-order valence-corrected chi connectivity index (χ2v) is 7.85. The first kappa shape index (κ1) is 23.3. The van der Waals surface area contributed by atoms with Gasteiger partial charge in [0.05, 0.1) is 6.61 Å². The third kappa shape index (κ3) is 4.60. The number of hydrogen-bond acceptors (Lipinski definition) is 5. The van der Waals surface area contributed by atoms with Crippen molar-refractivity contribution in [1.82, 2.24) is 10.6 Å². The second kappa shape index (κ2) is 9.82. The number of alkyl carbamates (subject to hydrolysis) is 1. The van der Waals surface area contributed by atoms with E-state index in [4.69, 9.17) is 9.47 Å². The van der Waals surface area contributed by atoms with Crippen molar-refractivity contribution in [3.8, 4) is 11.1 Å². The predicted octanol–water partition coefficient (Wildman–Crippen LogP) is 2.91. The van der Waals surface area contributed by atoms with Crippen LogP contribution in [0.5, 0.6) is 0 Å². The maximum absolute atomic E-state index is 12.5. The minimum atomic E-state index is -1.57. The summed E-state index contributed by atoms with van der Waals surface area (Å²) in [6.45, 7) is 3.02. The molecule has 0 saturated heterocycles. The summed E-state index contributed by atoms with van der Waals surface area (Å²) in [5, 5.41) is 14.5. The van der Waals surface area contributed by atoms with Crippen LogP contribution in [-0.4, -0.2) is 55.0 Å². The van der Waals surface area contributed by atoms with Gasteiger partial charge in [0, 0.05) is 13.0 Å². The predicted molar refractivity (Wildman–Crippen MR) is 118 cm³/mol. The molecule has 2 atom stereocenters. The Morgan fingerprint density at radius 1 is 1.06 bits per heavy atom. The van der Waals surface area contributed by atoms with Gasteiger partial charge in [0.25, 0.3) is 0 Å². The summed E-state index contributed by atoms with van der Waals surface area (Å²) >= 11 is 0. The van der Waals surface area contributed by atoms with Gasteiger partial charge in [0.1, 0.15) is 12.6 Å². The number of rotatable bonds is 9. The molecule has 1 aliphatic carbocycles. The molecule has 0 bridgehead atoms. The van der Waals surface area contributed by atoms with Gasteiger partial charge >= 0.3 is 12.1 Å². The molecule has 8 heteroatoms. The summed E-state index contributed by atoms with van der Waals surface area (Å²) in [5.41, 5.74) is 2.84. The third-order valence-electron chi connectivity index (χ3n) is 5.84. The number of aliphatic carboxylic acids is 1. The summed E-state index contributed by atoms with van der Waals surface area (Å²) in [5.74, 6) is -1.94. The van der Waals surface area contributed by atoms with Gasteiger partial charge in [-0.1, -0.05) is 55.5 Å². The smallest absolute Gasteiger partial charge is 0.407 e. The topological polar surface area (TPSA) is 114 Å². The quantitative estimate of drug-likeness (QED) is 0.553. The highest BCUT2D eigenvalue weighted by atomic mass is 16.5. The lowest BCUT2D eigenvalue weighted by Crippen LogP contribution is -2.60. The maximum Gasteiger partial charge on any atom is 0.407 e. The van der Waals surface area contributed by atoms with E-state index in [2.05, 4.69) is 10.6 Å². The molecule has 2 amide bonds. The number of nitrogens with one attached hydrogen (secondary N) is 2. The van der Waals surface area contributed by atoms with Gasteiger partial charge < -0.3 is 25.2 Å². The molecule has 0 saturated carbocycles. The van der Waals surface area contributed by atoms with E-state index in [1.54, 1.807) is 6.92 Å². The molecule has 3 N–H and O–H groups in total. The average molecular weight is 440 g/mol. The number of amides is 2. The van der Waals surface area contributed by atoms with Crippen LogP contribution >= 0.6 is 0 Å². The summed E-state index contributed by atoms with van der Waals surface area (Å²) in [6, 6.07) is 15.0. The Hall–Kier alpha value is -3.39. The first-order valence-corrected chi connectivity index (χ1v) is 10.5. The fourth-order valence-corrected chi connectivity index (χ4v) is 3.97. The molecule has 0 spiro atoms. The van der Waals surface area contributed by atoms with E-state index < -0.39 is 29.6 Å². The molecule has 0 radical (unpaired) electrons. The van der Waals surface area contributed by atoms with E-state index in [9.17, 15) is 19.5 Å². The van der Waals surface area contributed by atoms with Crippen molar-refractivity contribution in [1.29, 1.82) is 0 Å². The van der Waals surface area contributed by atoms with Crippen molar-refractivity contribution < 1.29 is 29.0 Å². The number of carbonyl (C=O) groups is 3. The van der Waals surface area contributed by atoms with E-state index in [1.807, 2.05) is 48.5 Å². The number of methoxy groups -OCH3 is 1. The van der Waals surface area contributed by atoms with Gasteiger partial charge in [0.15, 0.2) is 5.54 Å². The lowest BCUT2D eigenvalue weighted by molar-refractivity contribution is -0.150. The fourth-order valence-electron chi connectivity index (χ4n) is 3.97. The zero-order valence-electron chi connectivity index (χ0n) is 18.4. The normalized spacial score (nSPS) is 15.1. The van der Waals surface area contributed by atoms with Gasteiger partial charge in [-0.15, -0.1) is 0 Å². The fraction of sp³-hybridized carbons (Fsp3) is 0.375. The maximum atomic E-state index is 12.5. The molecule has 2 aromatic rings. The molecule has 0 aliphatic heterocycles. The molecule has 8 nitrogen and oxygen atoms in total. The third-order valence-corrected chi connectivity index (χ3v) is 5.84. The number of carbonyl (C=O) groups excluding carboxylic acids is 2. The molecule has 2 aromatic carbocycles. The minimum Gasteiger partial charge on any atom is -0.479 e. The number of fused-ring (bicyclic) bond motifs is 3. The standard InChI is InChI=1S/C24H28N2O6/c1-4-24(14-31-3,22(28)29)26-21(27)15(2)25-23(30)32-13-20-18-11-7-5-9-16(18)17-10-6-8-12-19(17)20/h5-12,15,20H,4,13-14H2,1-3H3,(H,25,30)(H,26,27)(H,28,29). The summed E-state index contributed by atoms with van der Waals surface area (Å²) in [4.78, 5) is 36.6. The first-order chi connectivity index (χ1) is 15.3. The van der Waals surface area contributed by atoms with Gasteiger partial charge in [0.2, 0.25) is 5.91 Å². The molecule has 3 rings (SSSR count). The van der Waals surface area contributed by atoms with Crippen molar-refractivity contribution in [2.45, 2.75) is 37.8 Å². The Labute approximate surface area is 186 Å². The number of benzene rings is 2. The molecule has 0 heterocycles. The van der Waals surface area contributed by atoms with Crippen LogP contribution in [0.2, 0.25) is 0 Å². The van der Waals surface area contributed by atoms with Crippen LogP contribution in [0.1, 0.15) is 37.3 Å². The SMILES string of the molecule is CCC(COC)(NC(=O)C(C)NC(=O)OCC1c2ccccc2-c2ccccc21)C(=O)O. The zero-order chi connectivity index (χ0) is 23.3. The lowest BCUT2D eigenvalue weighted by Gasteiger charge is -2.30. The number of carboxylic acid groups (broad SMARTS) is 1. The average Bonchev–Trinajstić information content (AvgIpc) is 3.10. The molecule has 1 aliphatic rings.